The Morgan fingerprint density at radius 3 is 2.74 bits per heavy atom. The first-order valence-corrected chi connectivity index (χ1v) is 11.3. The van der Waals surface area contributed by atoms with Crippen LogP contribution in [0.4, 0.5) is 5.69 Å². The lowest BCUT2D eigenvalue weighted by molar-refractivity contribution is -0.385. The summed E-state index contributed by atoms with van der Waals surface area (Å²) in [4.78, 5) is 23.3. The highest BCUT2D eigenvalue weighted by atomic mass is 35.5. The molecule has 162 valence electrons. The number of non-ortho nitro benzene ring substituents is 1. The molecule has 4 rings (SSSR count). The number of nitro benzene ring substituents is 1. The van der Waals surface area contributed by atoms with E-state index in [2.05, 4.69) is 17.5 Å². The van der Waals surface area contributed by atoms with Crippen LogP contribution < -0.4 is 5.32 Å². The van der Waals surface area contributed by atoms with E-state index in [1.807, 2.05) is 12.1 Å². The maximum Gasteiger partial charge on any atom is 0.269 e. The van der Waals surface area contributed by atoms with Crippen LogP contribution in [-0.4, -0.2) is 23.3 Å². The molecule has 1 spiro atoms. The van der Waals surface area contributed by atoms with Gasteiger partial charge in [-0.1, -0.05) is 35.9 Å². The van der Waals surface area contributed by atoms with Gasteiger partial charge in [0.2, 0.25) is 0 Å². The number of carbonyl (C=O) groups is 1. The highest BCUT2D eigenvalue weighted by Crippen LogP contribution is 2.47. The van der Waals surface area contributed by atoms with Crippen LogP contribution >= 0.6 is 11.6 Å². The van der Waals surface area contributed by atoms with Gasteiger partial charge in [-0.3, -0.25) is 14.9 Å². The molecule has 6 heteroatoms. The van der Waals surface area contributed by atoms with E-state index in [9.17, 15) is 14.9 Å². The fourth-order valence-electron chi connectivity index (χ4n) is 4.99. The lowest BCUT2D eigenvalue weighted by atomic mass is 9.63. The predicted molar refractivity (Wildman–Crippen MR) is 124 cm³/mol. The van der Waals surface area contributed by atoms with Crippen molar-refractivity contribution in [2.45, 2.75) is 56.4 Å². The van der Waals surface area contributed by atoms with Crippen molar-refractivity contribution in [3.05, 3.63) is 80.4 Å². The van der Waals surface area contributed by atoms with Gasteiger partial charge in [0.25, 0.3) is 5.69 Å². The Balaban J connectivity index is 1.29. The van der Waals surface area contributed by atoms with E-state index in [0.29, 0.717) is 23.0 Å². The predicted octanol–water partition coefficient (Wildman–Crippen LogP) is 6.10. The van der Waals surface area contributed by atoms with Crippen LogP contribution in [0.15, 0.2) is 48.5 Å². The molecule has 2 aromatic carbocycles. The van der Waals surface area contributed by atoms with Crippen molar-refractivity contribution in [3.8, 4) is 0 Å². The summed E-state index contributed by atoms with van der Waals surface area (Å²) in [7, 11) is 0. The summed E-state index contributed by atoms with van der Waals surface area (Å²) in [6.07, 6.45) is 10.7. The van der Waals surface area contributed by atoms with Crippen molar-refractivity contribution < 1.29 is 9.72 Å². The van der Waals surface area contributed by atoms with Crippen molar-refractivity contribution in [1.82, 2.24) is 5.32 Å². The smallest absolute Gasteiger partial charge is 0.269 e. The molecule has 0 saturated heterocycles. The molecular formula is C25H27ClN2O3. The van der Waals surface area contributed by atoms with E-state index >= 15 is 0 Å². The van der Waals surface area contributed by atoms with Crippen LogP contribution in [0.25, 0.3) is 6.08 Å². The van der Waals surface area contributed by atoms with Gasteiger partial charge >= 0.3 is 0 Å². The molecule has 2 aliphatic carbocycles. The maximum absolute atomic E-state index is 12.3. The first kappa shape index (κ1) is 21.7. The zero-order valence-corrected chi connectivity index (χ0v) is 18.2. The summed E-state index contributed by atoms with van der Waals surface area (Å²) in [5.41, 5.74) is 3.11. The molecule has 0 aliphatic heterocycles. The van der Waals surface area contributed by atoms with Gasteiger partial charge in [0, 0.05) is 35.2 Å². The molecule has 0 heterocycles. The van der Waals surface area contributed by atoms with Crippen molar-refractivity contribution in [2.24, 2.45) is 0 Å². The Hall–Kier alpha value is -2.50. The molecule has 5 nitrogen and oxygen atoms in total. The molecule has 0 radical (unpaired) electrons. The molecule has 2 aliphatic rings. The molecule has 1 saturated carbocycles. The third kappa shape index (κ3) is 4.89. The zero-order valence-electron chi connectivity index (χ0n) is 17.5. The Morgan fingerprint density at radius 2 is 2.00 bits per heavy atom. The minimum absolute atomic E-state index is 0.0107. The monoisotopic (exact) mass is 438 g/mol. The van der Waals surface area contributed by atoms with Crippen LogP contribution in [0, 0.1) is 10.1 Å². The largest absolute Gasteiger partial charge is 0.314 e. The van der Waals surface area contributed by atoms with E-state index in [1.54, 1.807) is 30.3 Å². The second-order valence-corrected chi connectivity index (χ2v) is 9.12. The molecule has 2 aromatic rings. The number of allylic oxidation sites excluding steroid dienone is 1. The maximum atomic E-state index is 12.3. The van der Waals surface area contributed by atoms with Gasteiger partial charge in [-0.25, -0.2) is 0 Å². The Kier molecular flexibility index (Phi) is 6.54. The van der Waals surface area contributed by atoms with E-state index in [1.165, 1.54) is 0 Å². The molecule has 0 aromatic heterocycles. The minimum Gasteiger partial charge on any atom is -0.314 e. The number of nitrogens with zero attached hydrogens (tertiary/aromatic N) is 1. The normalized spacial score (nSPS) is 22.3. The average Bonchev–Trinajstić information content (AvgIpc) is 2.78. The third-order valence-corrected chi connectivity index (χ3v) is 6.96. The number of nitro groups is 1. The topological polar surface area (TPSA) is 72.2 Å². The van der Waals surface area contributed by atoms with Gasteiger partial charge in [-0.05, 0) is 79.8 Å². The van der Waals surface area contributed by atoms with E-state index < -0.39 is 0 Å². The van der Waals surface area contributed by atoms with Crippen LogP contribution in [0.2, 0.25) is 5.02 Å². The van der Waals surface area contributed by atoms with Gasteiger partial charge in [0.05, 0.1) is 4.92 Å². The summed E-state index contributed by atoms with van der Waals surface area (Å²) >= 11 is 5.97. The number of fused-ring (bicyclic) bond motifs is 2. The molecule has 0 unspecified atom stereocenters. The minimum atomic E-state index is -0.301. The molecule has 0 atom stereocenters. The summed E-state index contributed by atoms with van der Waals surface area (Å²) < 4.78 is 0. The average molecular weight is 439 g/mol. The summed E-state index contributed by atoms with van der Waals surface area (Å²) in [6, 6.07) is 12.8. The zero-order chi connectivity index (χ0) is 21.8. The number of hydrogen-bond acceptors (Lipinski definition) is 4. The first-order valence-electron chi connectivity index (χ1n) is 10.9. The highest BCUT2D eigenvalue weighted by molar-refractivity contribution is 6.31. The standard InChI is InChI=1S/C25H27ClN2O3/c26-20-6-1-4-19(16-20)24(29)7-3-15-27-21-10-13-25(14-11-21)12-2-5-18-8-9-22(28(30)31)17-23(18)25/h1-2,4-6,8-9,16-17,21,27H,3,7,10-15H2. The highest BCUT2D eigenvalue weighted by Gasteiger charge is 2.39. The molecular weight excluding hydrogens is 412 g/mol. The van der Waals surface area contributed by atoms with Gasteiger partial charge < -0.3 is 5.32 Å². The van der Waals surface area contributed by atoms with Gasteiger partial charge in [-0.2, -0.15) is 0 Å². The number of rotatable bonds is 7. The van der Waals surface area contributed by atoms with Crippen LogP contribution in [0.3, 0.4) is 0 Å². The SMILES string of the molecule is O=C(CCCNC1CCC2(CC=Cc3ccc([N+](=O)[O-])cc32)CC1)c1cccc(Cl)c1. The fourth-order valence-corrected chi connectivity index (χ4v) is 5.18. The lowest BCUT2D eigenvalue weighted by Crippen LogP contribution is -2.41. The number of nitrogens with one attached hydrogen (secondary N) is 1. The van der Waals surface area contributed by atoms with Crippen LogP contribution in [0.5, 0.6) is 0 Å². The van der Waals surface area contributed by atoms with Crippen LogP contribution in [-0.2, 0) is 5.41 Å². The Labute approximate surface area is 187 Å². The number of halogens is 1. The molecule has 0 amide bonds. The van der Waals surface area contributed by atoms with E-state index in [0.717, 1.165) is 56.2 Å². The van der Waals surface area contributed by atoms with Crippen molar-refractivity contribution in [3.63, 3.8) is 0 Å². The number of ketones is 1. The van der Waals surface area contributed by atoms with Gasteiger partial charge in [-0.15, -0.1) is 0 Å². The fraction of sp³-hybridized carbons (Fsp3) is 0.400. The Bertz CT molecular complexity index is 1010. The van der Waals surface area contributed by atoms with Crippen molar-refractivity contribution in [2.75, 3.05) is 6.54 Å². The third-order valence-electron chi connectivity index (χ3n) is 6.73. The number of carbonyl (C=O) groups excluding carboxylic acids is 1. The second-order valence-electron chi connectivity index (χ2n) is 8.68. The van der Waals surface area contributed by atoms with E-state index in [4.69, 9.17) is 11.6 Å². The summed E-state index contributed by atoms with van der Waals surface area (Å²) in [6.45, 7) is 0.811. The first-order chi connectivity index (χ1) is 15.0. The summed E-state index contributed by atoms with van der Waals surface area (Å²) in [5.74, 6) is 0.124. The summed E-state index contributed by atoms with van der Waals surface area (Å²) in [5, 5.41) is 15.5. The van der Waals surface area contributed by atoms with Gasteiger partial charge in [0.15, 0.2) is 5.78 Å². The molecule has 1 N–H and O–H groups in total. The number of benzene rings is 2. The van der Waals surface area contributed by atoms with Crippen molar-refractivity contribution in [1.29, 1.82) is 0 Å². The van der Waals surface area contributed by atoms with Crippen molar-refractivity contribution >= 4 is 29.1 Å². The number of Topliss-reactive ketones (excluding diaryl/α,β-unsaturated/α-hetero) is 1. The second kappa shape index (κ2) is 9.33. The Morgan fingerprint density at radius 1 is 1.19 bits per heavy atom. The number of hydrogen-bond donors (Lipinski definition) is 1. The molecule has 1 fully saturated rings. The van der Waals surface area contributed by atoms with Gasteiger partial charge in [0.1, 0.15) is 0 Å². The quantitative estimate of drug-likeness (QED) is 0.245. The lowest BCUT2D eigenvalue weighted by Gasteiger charge is -2.42. The van der Waals surface area contributed by atoms with E-state index in [-0.39, 0.29) is 21.8 Å². The molecule has 0 bridgehead atoms. The molecule has 31 heavy (non-hydrogen) atoms. The van der Waals surface area contributed by atoms with Crippen LogP contribution in [0.1, 0.15) is 66.4 Å².